The van der Waals surface area contributed by atoms with Crippen molar-refractivity contribution < 1.29 is 0 Å². The van der Waals surface area contributed by atoms with E-state index in [9.17, 15) is 0 Å². The second kappa shape index (κ2) is 9.89. The third-order valence-electron chi connectivity index (χ3n) is 5.97. The number of anilines is 1. The molecule has 2 aromatic carbocycles. The minimum atomic E-state index is 0.612. The second-order valence-electron chi connectivity index (χ2n) is 7.76. The molecule has 162 valence electrons. The van der Waals surface area contributed by atoms with Gasteiger partial charge in [-0.1, -0.05) is 57.0 Å². The van der Waals surface area contributed by atoms with Crippen LogP contribution in [0.1, 0.15) is 62.8 Å². The largest absolute Gasteiger partial charge is 0.398 e. The maximum atomic E-state index is 8.56. The van der Waals surface area contributed by atoms with Crippen LogP contribution in [0.2, 0.25) is 10.0 Å². The first-order valence-corrected chi connectivity index (χ1v) is 11.7. The molecule has 0 fully saturated rings. The molecule has 0 amide bonds. The first kappa shape index (κ1) is 23.4. The summed E-state index contributed by atoms with van der Waals surface area (Å²) in [6, 6.07) is 9.94. The van der Waals surface area contributed by atoms with Gasteiger partial charge in [0.25, 0.3) is 0 Å². The number of benzene rings is 2. The van der Waals surface area contributed by atoms with Crippen LogP contribution in [0.3, 0.4) is 0 Å². The quantitative estimate of drug-likeness (QED) is 0.426. The van der Waals surface area contributed by atoms with Crippen molar-refractivity contribution in [2.45, 2.75) is 53.4 Å². The van der Waals surface area contributed by atoms with Crippen LogP contribution in [0.5, 0.6) is 0 Å². The highest BCUT2D eigenvalue weighted by Gasteiger charge is 2.22. The van der Waals surface area contributed by atoms with Gasteiger partial charge in [-0.25, -0.2) is 0 Å². The Morgan fingerprint density at radius 2 is 1.32 bits per heavy atom. The van der Waals surface area contributed by atoms with Gasteiger partial charge in [-0.05, 0) is 101 Å². The van der Waals surface area contributed by atoms with E-state index in [2.05, 4.69) is 52.0 Å². The van der Waals surface area contributed by atoms with Crippen molar-refractivity contribution in [1.29, 1.82) is 5.41 Å². The second-order valence-corrected chi connectivity index (χ2v) is 8.58. The monoisotopic (exact) mass is 452 g/mol. The van der Waals surface area contributed by atoms with Crippen LogP contribution in [0.4, 0.5) is 5.69 Å². The fourth-order valence-electron chi connectivity index (χ4n) is 4.17. The molecular formula is C27H30Cl2N2. The van der Waals surface area contributed by atoms with Crippen molar-refractivity contribution in [2.24, 2.45) is 0 Å². The summed E-state index contributed by atoms with van der Waals surface area (Å²) in [5, 5.41) is 9.78. The van der Waals surface area contributed by atoms with Crippen LogP contribution >= 0.6 is 23.2 Å². The molecule has 3 rings (SSSR count). The van der Waals surface area contributed by atoms with Gasteiger partial charge < -0.3 is 11.1 Å². The van der Waals surface area contributed by atoms with E-state index in [-0.39, 0.29) is 0 Å². The van der Waals surface area contributed by atoms with Crippen molar-refractivity contribution in [3.05, 3.63) is 91.5 Å². The van der Waals surface area contributed by atoms with E-state index in [1.165, 1.54) is 0 Å². The fourth-order valence-corrected chi connectivity index (χ4v) is 4.76. The Hall–Kier alpha value is -2.29. The highest BCUT2D eigenvalue weighted by atomic mass is 35.5. The molecule has 0 saturated heterocycles. The molecular weight excluding hydrogens is 423 g/mol. The number of halogens is 2. The lowest BCUT2D eigenvalue weighted by atomic mass is 9.83. The summed E-state index contributed by atoms with van der Waals surface area (Å²) in [6.07, 6.45) is 7.52. The van der Waals surface area contributed by atoms with Gasteiger partial charge in [0.15, 0.2) is 0 Å². The number of nitrogens with two attached hydrogens (primary N) is 1. The van der Waals surface area contributed by atoms with Gasteiger partial charge >= 0.3 is 0 Å². The van der Waals surface area contributed by atoms with E-state index < -0.39 is 0 Å². The van der Waals surface area contributed by atoms with Crippen molar-refractivity contribution >= 4 is 40.2 Å². The molecule has 2 nitrogen and oxygen atoms in total. The van der Waals surface area contributed by atoms with E-state index in [0.717, 1.165) is 75.9 Å². The van der Waals surface area contributed by atoms with Gasteiger partial charge in [-0.3, -0.25) is 0 Å². The van der Waals surface area contributed by atoms with Gasteiger partial charge in [0.05, 0.1) is 5.71 Å². The topological polar surface area (TPSA) is 49.9 Å². The lowest BCUT2D eigenvalue weighted by Gasteiger charge is -2.22. The Labute approximate surface area is 196 Å². The van der Waals surface area contributed by atoms with Gasteiger partial charge in [0.1, 0.15) is 0 Å². The van der Waals surface area contributed by atoms with E-state index in [1.54, 1.807) is 0 Å². The molecule has 0 unspecified atom stereocenters. The summed E-state index contributed by atoms with van der Waals surface area (Å²) >= 11 is 13.4. The van der Waals surface area contributed by atoms with Gasteiger partial charge in [-0.2, -0.15) is 0 Å². The van der Waals surface area contributed by atoms with Gasteiger partial charge in [0, 0.05) is 21.3 Å². The number of nitrogen functional groups attached to an aromatic ring is 1. The minimum Gasteiger partial charge on any atom is -0.398 e. The summed E-state index contributed by atoms with van der Waals surface area (Å²) < 4.78 is 0. The van der Waals surface area contributed by atoms with Gasteiger partial charge in [0.2, 0.25) is 0 Å². The van der Waals surface area contributed by atoms with Crippen LogP contribution in [-0.2, 0) is 12.8 Å². The molecule has 0 aromatic heterocycles. The Kier molecular flexibility index (Phi) is 7.46. The summed E-state index contributed by atoms with van der Waals surface area (Å²) in [5.74, 6) is 0. The van der Waals surface area contributed by atoms with Gasteiger partial charge in [-0.15, -0.1) is 0 Å². The molecule has 1 aliphatic rings. The van der Waals surface area contributed by atoms with Crippen molar-refractivity contribution in [3.8, 4) is 0 Å². The summed E-state index contributed by atoms with van der Waals surface area (Å²) in [7, 11) is 0. The fraction of sp³-hybridized carbons (Fsp3) is 0.296. The summed E-state index contributed by atoms with van der Waals surface area (Å²) in [4.78, 5) is 0. The molecule has 1 aliphatic carbocycles. The molecule has 0 bridgehead atoms. The molecule has 0 saturated carbocycles. The molecule has 0 radical (unpaired) electrons. The summed E-state index contributed by atoms with van der Waals surface area (Å²) in [5.41, 5.74) is 16.1. The number of nitrogens with one attached hydrogen (secondary N) is 1. The minimum absolute atomic E-state index is 0.612. The first-order chi connectivity index (χ1) is 14.9. The zero-order chi connectivity index (χ0) is 22.7. The number of allylic oxidation sites excluding steroid dienone is 5. The number of hydrogen-bond acceptors (Lipinski definition) is 2. The SMILES string of the molecule is CCC1=CC(=C(c2cc(CC)c(N)c(CC)c2)c2c(Cl)cccc2Cl)C=C(CC)C1=N. The predicted octanol–water partition coefficient (Wildman–Crippen LogP) is 8.21. The highest BCUT2D eigenvalue weighted by Crippen LogP contribution is 2.41. The lowest BCUT2D eigenvalue weighted by molar-refractivity contribution is 1.09. The number of hydrogen-bond donors (Lipinski definition) is 2. The normalized spacial score (nSPS) is 13.9. The Bertz CT molecular complexity index is 1050. The van der Waals surface area contributed by atoms with Crippen LogP contribution in [-0.4, -0.2) is 5.71 Å². The van der Waals surface area contributed by atoms with Crippen molar-refractivity contribution in [1.82, 2.24) is 0 Å². The average Bonchev–Trinajstić information content (AvgIpc) is 2.77. The third kappa shape index (κ3) is 4.51. The summed E-state index contributed by atoms with van der Waals surface area (Å²) in [6.45, 7) is 8.42. The number of rotatable bonds is 6. The third-order valence-corrected chi connectivity index (χ3v) is 6.60. The van der Waals surface area contributed by atoms with E-state index in [4.69, 9.17) is 34.3 Å². The molecule has 2 aromatic rings. The molecule has 0 atom stereocenters. The standard InChI is InChI=1S/C27H30Cl2N2/c1-5-16-12-20(13-17(6-2)26(16)30)24(25-22(28)10-9-11-23(25)29)21-14-18(7-3)27(31)19(8-4)15-21/h9-15,30H,5-8,31H2,1-4H3. The molecule has 3 N–H and O–H groups in total. The Morgan fingerprint density at radius 3 is 1.74 bits per heavy atom. The first-order valence-electron chi connectivity index (χ1n) is 11.0. The molecule has 0 spiro atoms. The lowest BCUT2D eigenvalue weighted by Crippen LogP contribution is -2.11. The average molecular weight is 453 g/mol. The highest BCUT2D eigenvalue weighted by molar-refractivity contribution is 6.38. The molecule has 0 aliphatic heterocycles. The van der Waals surface area contributed by atoms with Crippen LogP contribution < -0.4 is 5.73 Å². The van der Waals surface area contributed by atoms with Crippen LogP contribution in [0.25, 0.3) is 5.57 Å². The smallest absolute Gasteiger partial charge is 0.0604 e. The van der Waals surface area contributed by atoms with E-state index in [1.807, 2.05) is 18.2 Å². The van der Waals surface area contributed by atoms with Crippen LogP contribution in [0.15, 0.2) is 59.2 Å². The molecule has 4 heteroatoms. The van der Waals surface area contributed by atoms with E-state index >= 15 is 0 Å². The molecule has 0 heterocycles. The van der Waals surface area contributed by atoms with E-state index in [0.29, 0.717) is 15.8 Å². The maximum absolute atomic E-state index is 8.56. The van der Waals surface area contributed by atoms with Crippen molar-refractivity contribution in [2.75, 3.05) is 5.73 Å². The zero-order valence-corrected chi connectivity index (χ0v) is 20.2. The molecule has 31 heavy (non-hydrogen) atoms. The maximum Gasteiger partial charge on any atom is 0.0604 e. The van der Waals surface area contributed by atoms with Crippen LogP contribution in [0, 0.1) is 5.41 Å². The predicted molar refractivity (Wildman–Crippen MR) is 137 cm³/mol. The number of aryl methyl sites for hydroxylation is 2. The Morgan fingerprint density at radius 1 is 0.839 bits per heavy atom. The zero-order valence-electron chi connectivity index (χ0n) is 18.7. The Balaban J connectivity index is 2.46. The van der Waals surface area contributed by atoms with Crippen molar-refractivity contribution in [3.63, 3.8) is 0 Å².